The van der Waals surface area contributed by atoms with E-state index in [0.29, 0.717) is 37.2 Å². The molecule has 2 aromatic heterocycles. The van der Waals surface area contributed by atoms with Crippen LogP contribution in [0.1, 0.15) is 140 Å². The first-order valence-corrected chi connectivity index (χ1v) is 33.3. The molecule has 4 heterocycles. The summed E-state index contributed by atoms with van der Waals surface area (Å²) in [5.41, 5.74) is 6.75. The minimum Gasteiger partial charge on any atom is -0.455 e. The van der Waals surface area contributed by atoms with E-state index in [4.69, 9.17) is 15.5 Å². The van der Waals surface area contributed by atoms with Gasteiger partial charge in [0.15, 0.2) is 17.7 Å². The van der Waals surface area contributed by atoms with Crippen molar-refractivity contribution >= 4 is 93.3 Å². The lowest BCUT2D eigenvalue weighted by Gasteiger charge is -2.37. The van der Waals surface area contributed by atoms with E-state index >= 15 is 0 Å². The molecule has 1 fully saturated rings. The Hall–Kier alpha value is -6.14. The number of piperazine rings is 1. The summed E-state index contributed by atoms with van der Waals surface area (Å²) < 4.78 is 6.86. The van der Waals surface area contributed by atoms with Crippen LogP contribution in [-0.2, 0) is 54.3 Å². The van der Waals surface area contributed by atoms with Crippen molar-refractivity contribution in [3.8, 4) is 0 Å². The predicted octanol–water partition coefficient (Wildman–Crippen LogP) is 7.32. The third-order valence-corrected chi connectivity index (χ3v) is 20.1. The molecule has 3 N–H and O–H groups in total. The maximum Gasteiger partial charge on any atom is 0.303 e. The molecule has 3 aromatic rings. The van der Waals surface area contributed by atoms with Crippen molar-refractivity contribution in [2.75, 3.05) is 73.2 Å². The van der Waals surface area contributed by atoms with Gasteiger partial charge in [-0.15, -0.1) is 34.4 Å². The van der Waals surface area contributed by atoms with Crippen molar-refractivity contribution in [2.45, 2.75) is 154 Å². The van der Waals surface area contributed by atoms with Crippen LogP contribution in [0.4, 0.5) is 0 Å². The van der Waals surface area contributed by atoms with E-state index < -0.39 is 65.7 Å². The molecule has 2 aliphatic heterocycles. The monoisotopic (exact) mass is 1260 g/mol. The van der Waals surface area contributed by atoms with Crippen LogP contribution in [0.3, 0.4) is 0 Å². The number of amides is 7. The molecule has 0 saturated carbocycles. The van der Waals surface area contributed by atoms with Gasteiger partial charge in [-0.1, -0.05) is 97.2 Å². The number of rotatable bonds is 36. The molecular weight excluding hydrogens is 1170 g/mol. The molecular formula is C64H93N9O11S3. The highest BCUT2D eigenvalue weighted by atomic mass is 32.2. The number of carbonyl (C=O) groups excluding carboxylic acids is 10. The largest absolute Gasteiger partial charge is 0.455 e. The van der Waals surface area contributed by atoms with Crippen LogP contribution in [0.2, 0.25) is 0 Å². The van der Waals surface area contributed by atoms with Gasteiger partial charge in [0.05, 0.1) is 16.3 Å². The third kappa shape index (κ3) is 20.7. The highest BCUT2D eigenvalue weighted by Crippen LogP contribution is 2.34. The number of nitrogens with one attached hydrogen (secondary N) is 1. The normalized spacial score (nSPS) is 16.6. The molecule has 478 valence electrons. The summed E-state index contributed by atoms with van der Waals surface area (Å²) in [7, 11) is 7.04. The Morgan fingerprint density at radius 1 is 0.793 bits per heavy atom. The number of nitrogens with two attached hydrogens (primary N) is 1. The van der Waals surface area contributed by atoms with Gasteiger partial charge in [0.1, 0.15) is 16.7 Å². The average Bonchev–Trinajstić information content (AvgIpc) is 3.15. The molecule has 20 nitrogen and oxygen atoms in total. The van der Waals surface area contributed by atoms with Gasteiger partial charge < -0.3 is 35.4 Å². The lowest BCUT2D eigenvalue weighted by Crippen LogP contribution is -2.57. The van der Waals surface area contributed by atoms with E-state index in [1.54, 1.807) is 27.1 Å². The Morgan fingerprint density at radius 3 is 2.03 bits per heavy atom. The molecule has 3 unspecified atom stereocenters. The molecule has 23 heteroatoms. The molecule has 5 rings (SSSR count). The van der Waals surface area contributed by atoms with E-state index in [1.165, 1.54) is 54.1 Å². The summed E-state index contributed by atoms with van der Waals surface area (Å²) in [5.74, 6) is -4.94. The van der Waals surface area contributed by atoms with E-state index in [1.807, 2.05) is 94.5 Å². The predicted molar refractivity (Wildman–Crippen MR) is 339 cm³/mol. The summed E-state index contributed by atoms with van der Waals surface area (Å²) in [6.45, 7) is 14.8. The summed E-state index contributed by atoms with van der Waals surface area (Å²) >= 11 is 4.02. The topological polar surface area (TPSA) is 250 Å². The van der Waals surface area contributed by atoms with E-state index in [0.717, 1.165) is 32.4 Å². The first kappa shape index (κ1) is 71.6. The number of hydrogen-bond acceptors (Lipinski definition) is 17. The fourth-order valence-corrected chi connectivity index (χ4v) is 14.2. The molecule has 9 atom stereocenters. The number of thioether (sulfide) groups is 1. The second-order valence-corrected chi connectivity index (χ2v) is 26.8. The van der Waals surface area contributed by atoms with Crippen molar-refractivity contribution in [1.82, 2.24) is 39.7 Å². The Labute approximate surface area is 526 Å². The van der Waals surface area contributed by atoms with Crippen molar-refractivity contribution < 1.29 is 52.7 Å². The van der Waals surface area contributed by atoms with E-state index in [9.17, 15) is 47.9 Å². The van der Waals surface area contributed by atoms with Crippen molar-refractivity contribution in [3.63, 3.8) is 0 Å². The number of Topliss-reactive ketones (excluding diaryl/α,β-unsaturated/α-hetero) is 2. The maximum absolute atomic E-state index is 15.0. The zero-order valence-electron chi connectivity index (χ0n) is 52.8. The second-order valence-electron chi connectivity index (χ2n) is 23.7. The second kappa shape index (κ2) is 35.2. The van der Waals surface area contributed by atoms with Gasteiger partial charge in [0, 0.05) is 127 Å². The van der Waals surface area contributed by atoms with Crippen LogP contribution in [0.15, 0.2) is 69.6 Å². The molecule has 0 aliphatic carbocycles. The van der Waals surface area contributed by atoms with Crippen molar-refractivity contribution in [2.24, 2.45) is 35.3 Å². The molecule has 0 bridgehead atoms. The van der Waals surface area contributed by atoms with Crippen LogP contribution in [-0.4, -0.2) is 191 Å². The smallest absolute Gasteiger partial charge is 0.303 e. The number of ketones is 2. The fraction of sp³-hybridized carbons (Fsp3) is 0.609. The van der Waals surface area contributed by atoms with Crippen LogP contribution < -0.4 is 11.1 Å². The summed E-state index contributed by atoms with van der Waals surface area (Å²) in [5, 5.41) is 6.84. The van der Waals surface area contributed by atoms with Gasteiger partial charge in [-0.3, -0.25) is 57.7 Å². The van der Waals surface area contributed by atoms with Crippen molar-refractivity contribution in [3.05, 3.63) is 81.6 Å². The quantitative estimate of drug-likeness (QED) is 0.0250. The van der Waals surface area contributed by atoms with Crippen molar-refractivity contribution in [1.29, 1.82) is 0 Å². The molecule has 87 heavy (non-hydrogen) atoms. The first-order chi connectivity index (χ1) is 41.4. The zero-order chi connectivity index (χ0) is 64.1. The van der Waals surface area contributed by atoms with Gasteiger partial charge in [0.25, 0.3) is 17.7 Å². The Kier molecular flexibility index (Phi) is 28.9. The highest BCUT2D eigenvalue weighted by molar-refractivity contribution is 8.01. The third-order valence-electron chi connectivity index (χ3n) is 16.9. The summed E-state index contributed by atoms with van der Waals surface area (Å²) in [6.07, 6.45) is 4.89. The molecule has 1 aromatic carbocycles. The van der Waals surface area contributed by atoms with Gasteiger partial charge in [-0.25, -0.2) is 4.98 Å². The first-order valence-electron chi connectivity index (χ1n) is 30.6. The minimum absolute atomic E-state index is 0.0154. The van der Waals surface area contributed by atoms with Gasteiger partial charge in [-0.05, 0) is 74.7 Å². The number of nitrogens with zero attached hydrogens (tertiary/aromatic N) is 7. The van der Waals surface area contributed by atoms with Crippen LogP contribution in [0.25, 0.3) is 0 Å². The van der Waals surface area contributed by atoms with E-state index in [2.05, 4.69) is 19.2 Å². The zero-order valence-corrected chi connectivity index (χ0v) is 55.2. The molecule has 0 radical (unpaired) electrons. The fourth-order valence-electron chi connectivity index (χ4n) is 11.4. The molecule has 2 aliphatic rings. The number of thiazole rings is 1. The number of likely N-dealkylation sites (N-methyl/N-ethyl adjacent to an activating group) is 2. The van der Waals surface area contributed by atoms with E-state index in [-0.39, 0.29) is 136 Å². The lowest BCUT2D eigenvalue weighted by atomic mass is 9.82. The molecule has 1 saturated heterocycles. The average molecular weight is 1260 g/mol. The van der Waals surface area contributed by atoms with Crippen LogP contribution in [0, 0.1) is 29.6 Å². The Balaban J connectivity index is 1.35. The highest BCUT2D eigenvalue weighted by Gasteiger charge is 2.40. The maximum atomic E-state index is 15.0. The number of aromatic nitrogens is 1. The Bertz CT molecular complexity index is 2800. The summed E-state index contributed by atoms with van der Waals surface area (Å²) in [4.78, 5) is 152. The van der Waals surface area contributed by atoms with Crippen LogP contribution >= 0.6 is 34.4 Å². The van der Waals surface area contributed by atoms with Gasteiger partial charge in [0.2, 0.25) is 23.6 Å². The number of ether oxygens (including phenoxy) is 1. The number of hydrogen-bond donors (Lipinski definition) is 2. The number of imide groups is 1. The molecule has 0 spiro atoms. The number of carbonyl (C=O) groups is 10. The molecule has 7 amide bonds. The Morgan fingerprint density at radius 2 is 1.45 bits per heavy atom. The van der Waals surface area contributed by atoms with Crippen LogP contribution in [0.5, 0.6) is 0 Å². The van der Waals surface area contributed by atoms with Gasteiger partial charge >= 0.3 is 5.97 Å². The lowest BCUT2D eigenvalue weighted by molar-refractivity contribution is -0.150. The summed E-state index contributed by atoms with van der Waals surface area (Å²) in [6, 6.07) is 10.2. The number of esters is 1. The van der Waals surface area contributed by atoms with Gasteiger partial charge in [-0.2, -0.15) is 0 Å². The SMILES string of the molecule is CCC(C)C(C(=O)CC(C(=O)N(C)[C@H](C[C@@H](OC(C)=O)c1nc(C(=O)N(C)[C@@H](CSc2cccs2)C(=O)C[C@H](CCCCN)C(=O)N[C@@H](Cc2ccccc2)C(=O)N2CCN(C(=O)CCCN3C(=O)C=CC3=O)CC2)cs1)C(C)C)[C@@H](C)CC)N(C)C. The standard InChI is InChI=1S/C64H93N9O11S3/c1-12-42(5)47(37-53(76)59(68(8)9)43(6)13-2)62(81)69(10)50(41(3)4)38-54(84-44(7)74)61-67-49(39-87-61)63(82)70(11)51(40-86-58-25-20-34-85-58)52(75)36-46(23-17-18-28-65)60(80)66-48(35-45-21-15-14-16-22-45)64(83)72-32-30-71(31-33-72)55(77)24-19-29-73-56(78)26-27-57(73)79/h14-16,20-22,25-27,34,39,41-43,46-48,50-51,54,59H,12-13,17-19,23-24,28-33,35-38,40,65H2,1-11H3,(H,66,80)/t42-,43?,46-,47?,48-,50+,51-,54+,59?/m0/s1. The number of benzene rings is 1. The number of unbranched alkanes of at least 4 members (excludes halogenated alkanes) is 1. The minimum atomic E-state index is -1.04. The number of thiophene rings is 1.